The van der Waals surface area contributed by atoms with Gasteiger partial charge in [0, 0.05) is 23.9 Å². The van der Waals surface area contributed by atoms with Crippen LogP contribution >= 0.6 is 23.1 Å². The lowest BCUT2D eigenvalue weighted by Gasteiger charge is -2.03. The van der Waals surface area contributed by atoms with Crippen molar-refractivity contribution in [3.05, 3.63) is 42.1 Å². The number of nitrogens with zero attached hydrogens (tertiary/aromatic N) is 3. The van der Waals surface area contributed by atoms with Gasteiger partial charge in [0.2, 0.25) is 5.13 Å². The molecule has 0 aliphatic heterocycles. The van der Waals surface area contributed by atoms with Crippen molar-refractivity contribution >= 4 is 28.2 Å². The molecule has 5 nitrogen and oxygen atoms in total. The average molecular weight is 346 g/mol. The summed E-state index contributed by atoms with van der Waals surface area (Å²) in [6.45, 7) is 5.24. The molecule has 0 fully saturated rings. The van der Waals surface area contributed by atoms with Gasteiger partial charge < -0.3 is 9.84 Å². The van der Waals surface area contributed by atoms with Crippen LogP contribution in [0.15, 0.2) is 45.3 Å². The number of benzene rings is 1. The van der Waals surface area contributed by atoms with Gasteiger partial charge in [0.05, 0.1) is 5.69 Å². The van der Waals surface area contributed by atoms with Crippen LogP contribution in [0.1, 0.15) is 19.5 Å². The van der Waals surface area contributed by atoms with Gasteiger partial charge in [0.15, 0.2) is 10.1 Å². The molecule has 0 bridgehead atoms. The van der Waals surface area contributed by atoms with Crippen molar-refractivity contribution in [3.8, 4) is 11.3 Å². The normalized spacial score (nSPS) is 11.1. The van der Waals surface area contributed by atoms with Crippen LogP contribution in [0.5, 0.6) is 0 Å². The molecule has 0 spiro atoms. The molecular weight excluding hydrogens is 328 g/mol. The molecule has 23 heavy (non-hydrogen) atoms. The molecule has 0 aliphatic carbocycles. The van der Waals surface area contributed by atoms with Crippen molar-refractivity contribution in [1.29, 1.82) is 0 Å². The molecule has 0 saturated carbocycles. The second kappa shape index (κ2) is 7.61. The molecule has 0 radical (unpaired) electrons. The Balaban J connectivity index is 1.56. The highest BCUT2D eigenvalue weighted by molar-refractivity contribution is 8.00. The minimum atomic E-state index is 0.585. The van der Waals surface area contributed by atoms with E-state index in [0.29, 0.717) is 5.92 Å². The molecule has 1 aromatic carbocycles. The zero-order valence-electron chi connectivity index (χ0n) is 13.0. The molecular formula is C16H18N4OS2. The molecule has 0 aliphatic rings. The van der Waals surface area contributed by atoms with Crippen molar-refractivity contribution < 1.29 is 4.52 Å². The van der Waals surface area contributed by atoms with Crippen LogP contribution in [0.4, 0.5) is 5.13 Å². The van der Waals surface area contributed by atoms with Crippen molar-refractivity contribution in [3.63, 3.8) is 0 Å². The van der Waals surface area contributed by atoms with Crippen molar-refractivity contribution in [1.82, 2.24) is 15.4 Å². The third-order valence-electron chi connectivity index (χ3n) is 3.03. The van der Waals surface area contributed by atoms with Crippen LogP contribution in [0.25, 0.3) is 11.3 Å². The first-order chi connectivity index (χ1) is 11.2. The largest absolute Gasteiger partial charge is 0.360 e. The fraction of sp³-hybridized carbons (Fsp3) is 0.312. The third kappa shape index (κ3) is 4.56. The van der Waals surface area contributed by atoms with Crippen molar-refractivity contribution in [2.75, 3.05) is 11.9 Å². The Labute approximate surface area is 143 Å². The van der Waals surface area contributed by atoms with E-state index >= 15 is 0 Å². The number of hydrogen-bond donors (Lipinski definition) is 1. The summed E-state index contributed by atoms with van der Waals surface area (Å²) in [6.07, 6.45) is 0. The summed E-state index contributed by atoms with van der Waals surface area (Å²) in [5.41, 5.74) is 1.94. The summed E-state index contributed by atoms with van der Waals surface area (Å²) in [5.74, 6) is 2.09. The fourth-order valence-corrected chi connectivity index (χ4v) is 3.52. The number of aromatic nitrogens is 3. The lowest BCUT2D eigenvalue weighted by molar-refractivity contribution is 0.426. The second-order valence-corrected chi connectivity index (χ2v) is 7.69. The maximum atomic E-state index is 5.40. The van der Waals surface area contributed by atoms with E-state index in [1.165, 1.54) is 0 Å². The van der Waals surface area contributed by atoms with Gasteiger partial charge in [-0.05, 0) is 5.92 Å². The monoisotopic (exact) mass is 346 g/mol. The van der Waals surface area contributed by atoms with E-state index in [4.69, 9.17) is 4.52 Å². The summed E-state index contributed by atoms with van der Waals surface area (Å²) in [6, 6.07) is 11.9. The molecule has 2 aromatic heterocycles. The van der Waals surface area contributed by atoms with E-state index in [0.717, 1.165) is 38.8 Å². The Morgan fingerprint density at radius 2 is 2.04 bits per heavy atom. The van der Waals surface area contributed by atoms with Gasteiger partial charge >= 0.3 is 0 Å². The summed E-state index contributed by atoms with van der Waals surface area (Å²) in [4.78, 5) is 0. The first-order valence-electron chi connectivity index (χ1n) is 7.42. The summed E-state index contributed by atoms with van der Waals surface area (Å²) < 4.78 is 6.33. The van der Waals surface area contributed by atoms with Crippen LogP contribution in [0.2, 0.25) is 0 Å². The standard InChI is InChI=1S/C16H18N4OS2/c1-11(2)9-17-15-18-19-16(23-15)22-10-13-8-14(21-20-13)12-6-4-3-5-7-12/h3-8,11H,9-10H2,1-2H3,(H,17,18). The van der Waals surface area contributed by atoms with Gasteiger partial charge in [-0.2, -0.15) is 0 Å². The van der Waals surface area contributed by atoms with Gasteiger partial charge in [-0.25, -0.2) is 0 Å². The van der Waals surface area contributed by atoms with E-state index in [1.807, 2.05) is 36.4 Å². The van der Waals surface area contributed by atoms with E-state index in [9.17, 15) is 0 Å². The molecule has 2 heterocycles. The molecule has 120 valence electrons. The Kier molecular flexibility index (Phi) is 5.30. The summed E-state index contributed by atoms with van der Waals surface area (Å²) in [5, 5.41) is 16.6. The summed E-state index contributed by atoms with van der Waals surface area (Å²) >= 11 is 3.19. The van der Waals surface area contributed by atoms with Crippen LogP contribution in [-0.2, 0) is 5.75 Å². The van der Waals surface area contributed by atoms with E-state index < -0.39 is 0 Å². The molecule has 0 amide bonds. The van der Waals surface area contributed by atoms with Gasteiger partial charge in [-0.1, -0.05) is 72.4 Å². The number of thioether (sulfide) groups is 1. The van der Waals surface area contributed by atoms with Crippen molar-refractivity contribution in [2.45, 2.75) is 23.9 Å². The molecule has 3 aromatic rings. The Bertz CT molecular complexity index is 739. The molecule has 0 unspecified atom stereocenters. The zero-order chi connectivity index (χ0) is 16.1. The maximum Gasteiger partial charge on any atom is 0.206 e. The van der Waals surface area contributed by atoms with Crippen LogP contribution < -0.4 is 5.32 Å². The third-order valence-corrected chi connectivity index (χ3v) is 5.08. The fourth-order valence-electron chi connectivity index (χ4n) is 1.88. The Morgan fingerprint density at radius 1 is 1.22 bits per heavy atom. The topological polar surface area (TPSA) is 63.8 Å². The minimum Gasteiger partial charge on any atom is -0.360 e. The molecule has 0 atom stereocenters. The predicted octanol–water partition coefficient (Wildman–Crippen LogP) is 4.55. The van der Waals surface area contributed by atoms with Crippen LogP contribution in [-0.4, -0.2) is 21.9 Å². The Hall–Kier alpha value is -1.86. The highest BCUT2D eigenvalue weighted by Crippen LogP contribution is 2.29. The van der Waals surface area contributed by atoms with Crippen molar-refractivity contribution in [2.24, 2.45) is 5.92 Å². The highest BCUT2D eigenvalue weighted by atomic mass is 32.2. The quantitative estimate of drug-likeness (QED) is 0.633. The number of rotatable bonds is 7. The Morgan fingerprint density at radius 3 is 2.83 bits per heavy atom. The smallest absolute Gasteiger partial charge is 0.206 e. The highest BCUT2D eigenvalue weighted by Gasteiger charge is 2.09. The molecule has 0 saturated heterocycles. The van der Waals surface area contributed by atoms with Crippen LogP contribution in [0.3, 0.4) is 0 Å². The van der Waals surface area contributed by atoms with E-state index in [1.54, 1.807) is 23.1 Å². The number of nitrogens with one attached hydrogen (secondary N) is 1. The van der Waals surface area contributed by atoms with Gasteiger partial charge in [-0.15, -0.1) is 10.2 Å². The SMILES string of the molecule is CC(C)CNc1nnc(SCc2cc(-c3ccccc3)on2)s1. The lowest BCUT2D eigenvalue weighted by Crippen LogP contribution is -2.07. The average Bonchev–Trinajstić information content (AvgIpc) is 3.21. The predicted molar refractivity (Wildman–Crippen MR) is 94.7 cm³/mol. The molecule has 1 N–H and O–H groups in total. The zero-order valence-corrected chi connectivity index (χ0v) is 14.7. The second-order valence-electron chi connectivity index (χ2n) is 5.49. The first-order valence-corrected chi connectivity index (χ1v) is 9.22. The number of anilines is 1. The summed E-state index contributed by atoms with van der Waals surface area (Å²) in [7, 11) is 0. The number of hydrogen-bond acceptors (Lipinski definition) is 7. The minimum absolute atomic E-state index is 0.585. The van der Waals surface area contributed by atoms with Gasteiger partial charge in [0.1, 0.15) is 0 Å². The molecule has 3 rings (SSSR count). The lowest BCUT2D eigenvalue weighted by atomic mass is 10.2. The van der Waals surface area contributed by atoms with Gasteiger partial charge in [-0.3, -0.25) is 0 Å². The van der Waals surface area contributed by atoms with Gasteiger partial charge in [0.25, 0.3) is 0 Å². The van der Waals surface area contributed by atoms with E-state index in [2.05, 4.69) is 34.5 Å². The first kappa shape index (κ1) is 16.0. The van der Waals surface area contributed by atoms with Crippen LogP contribution in [0, 0.1) is 5.92 Å². The maximum absolute atomic E-state index is 5.40. The van der Waals surface area contributed by atoms with E-state index in [-0.39, 0.29) is 0 Å². The molecule has 7 heteroatoms.